The van der Waals surface area contributed by atoms with Crippen LogP contribution in [0.5, 0.6) is 11.5 Å². The van der Waals surface area contributed by atoms with Crippen LogP contribution in [0, 0.1) is 0 Å². The monoisotopic (exact) mass is 352 g/mol. The summed E-state index contributed by atoms with van der Waals surface area (Å²) >= 11 is 6.61. The number of alkyl halides is 1. The summed E-state index contributed by atoms with van der Waals surface area (Å²) in [7, 11) is 3.34. The van der Waals surface area contributed by atoms with Crippen molar-refractivity contribution >= 4 is 11.6 Å². The molecule has 3 rings (SSSR count). The molecule has 0 radical (unpaired) electrons. The van der Waals surface area contributed by atoms with Gasteiger partial charge in [-0.15, -0.1) is 11.6 Å². The van der Waals surface area contributed by atoms with Crippen LogP contribution < -0.4 is 9.47 Å². The smallest absolute Gasteiger partial charge is 0.118 e. The highest BCUT2D eigenvalue weighted by Crippen LogP contribution is 2.41. The Kier molecular flexibility index (Phi) is 5.30. The van der Waals surface area contributed by atoms with Gasteiger partial charge < -0.3 is 9.47 Å². The first-order valence-corrected chi connectivity index (χ1v) is 8.68. The number of hydrogen-bond donors (Lipinski definition) is 0. The zero-order valence-corrected chi connectivity index (χ0v) is 15.2. The summed E-state index contributed by atoms with van der Waals surface area (Å²) < 4.78 is 10.6. The molecule has 0 saturated carbocycles. The molecule has 0 aliphatic rings. The number of ether oxygens (including phenoxy) is 2. The molecule has 3 aromatic rings. The highest BCUT2D eigenvalue weighted by molar-refractivity contribution is 6.19. The Morgan fingerprint density at radius 1 is 0.640 bits per heavy atom. The lowest BCUT2D eigenvalue weighted by atomic mass is 9.71. The number of hydrogen-bond acceptors (Lipinski definition) is 2. The van der Waals surface area contributed by atoms with E-state index in [4.69, 9.17) is 21.1 Å². The first-order chi connectivity index (χ1) is 12.2. The third kappa shape index (κ3) is 3.22. The molecule has 0 aromatic heterocycles. The standard InChI is InChI=1S/C22H21ClO2/c1-24-20-12-8-18(9-13-20)22(16-23,17-6-4-3-5-7-17)19-10-14-21(25-2)15-11-19/h3-15H,16H2,1-2H3. The molecule has 3 heteroatoms. The van der Waals surface area contributed by atoms with E-state index in [1.165, 1.54) is 0 Å². The van der Waals surface area contributed by atoms with Crippen molar-refractivity contribution in [2.45, 2.75) is 5.41 Å². The quantitative estimate of drug-likeness (QED) is 0.444. The van der Waals surface area contributed by atoms with Crippen LogP contribution in [0.4, 0.5) is 0 Å². The van der Waals surface area contributed by atoms with Crippen LogP contribution in [0.3, 0.4) is 0 Å². The zero-order valence-electron chi connectivity index (χ0n) is 14.4. The largest absolute Gasteiger partial charge is 0.497 e. The highest BCUT2D eigenvalue weighted by Gasteiger charge is 2.35. The topological polar surface area (TPSA) is 18.5 Å². The maximum atomic E-state index is 6.61. The number of methoxy groups -OCH3 is 2. The van der Waals surface area contributed by atoms with Gasteiger partial charge in [-0.3, -0.25) is 0 Å². The van der Waals surface area contributed by atoms with Crippen LogP contribution in [0.1, 0.15) is 16.7 Å². The summed E-state index contributed by atoms with van der Waals surface area (Å²) in [5.74, 6) is 2.08. The van der Waals surface area contributed by atoms with E-state index in [0.717, 1.165) is 28.2 Å². The van der Waals surface area contributed by atoms with Crippen molar-refractivity contribution in [3.63, 3.8) is 0 Å². The summed E-state index contributed by atoms with van der Waals surface area (Å²) in [6.07, 6.45) is 0. The molecule has 0 unspecified atom stereocenters. The normalized spacial score (nSPS) is 11.2. The zero-order chi connectivity index (χ0) is 17.7. The lowest BCUT2D eigenvalue weighted by molar-refractivity contribution is 0.414. The minimum atomic E-state index is -0.443. The second-order valence-electron chi connectivity index (χ2n) is 5.86. The third-order valence-electron chi connectivity index (χ3n) is 4.63. The predicted molar refractivity (Wildman–Crippen MR) is 103 cm³/mol. The van der Waals surface area contributed by atoms with Crippen LogP contribution >= 0.6 is 11.6 Å². The van der Waals surface area contributed by atoms with Gasteiger partial charge in [-0.2, -0.15) is 0 Å². The van der Waals surface area contributed by atoms with Gasteiger partial charge in [-0.05, 0) is 41.0 Å². The molecule has 0 amide bonds. The molecular weight excluding hydrogens is 332 g/mol. The summed E-state index contributed by atoms with van der Waals surface area (Å²) in [5.41, 5.74) is 2.96. The third-order valence-corrected chi connectivity index (χ3v) is 5.03. The van der Waals surface area contributed by atoms with E-state index in [-0.39, 0.29) is 0 Å². The molecule has 128 valence electrons. The molecular formula is C22H21ClO2. The Morgan fingerprint density at radius 2 is 1.04 bits per heavy atom. The fourth-order valence-electron chi connectivity index (χ4n) is 3.21. The Labute approximate surface area is 154 Å². The van der Waals surface area contributed by atoms with E-state index in [2.05, 4.69) is 36.4 Å². The Bertz CT molecular complexity index is 748. The molecule has 0 atom stereocenters. The predicted octanol–water partition coefficient (Wildman–Crippen LogP) is 5.28. The molecule has 25 heavy (non-hydrogen) atoms. The van der Waals surface area contributed by atoms with Crippen molar-refractivity contribution in [3.8, 4) is 11.5 Å². The molecule has 0 N–H and O–H groups in total. The first-order valence-electron chi connectivity index (χ1n) is 8.15. The average Bonchev–Trinajstić information content (AvgIpc) is 2.71. The highest BCUT2D eigenvalue weighted by atomic mass is 35.5. The van der Waals surface area contributed by atoms with Gasteiger partial charge in [0.1, 0.15) is 11.5 Å². The Morgan fingerprint density at radius 3 is 1.40 bits per heavy atom. The molecule has 0 aliphatic heterocycles. The van der Waals surface area contributed by atoms with Crippen LogP contribution in [0.15, 0.2) is 78.9 Å². The second-order valence-corrected chi connectivity index (χ2v) is 6.13. The first kappa shape index (κ1) is 17.4. The van der Waals surface area contributed by atoms with Crippen LogP contribution in [0.25, 0.3) is 0 Å². The van der Waals surface area contributed by atoms with Gasteiger partial charge in [0.25, 0.3) is 0 Å². The van der Waals surface area contributed by atoms with Crippen molar-refractivity contribution in [2.75, 3.05) is 20.1 Å². The molecule has 3 aromatic carbocycles. The average molecular weight is 353 g/mol. The Balaban J connectivity index is 2.21. The van der Waals surface area contributed by atoms with E-state index in [0.29, 0.717) is 5.88 Å². The van der Waals surface area contributed by atoms with Crippen molar-refractivity contribution in [2.24, 2.45) is 0 Å². The Hall–Kier alpha value is -2.45. The lowest BCUT2D eigenvalue weighted by Gasteiger charge is -2.34. The van der Waals surface area contributed by atoms with Gasteiger partial charge in [0, 0.05) is 5.88 Å². The fraction of sp³-hybridized carbons (Fsp3) is 0.182. The number of benzene rings is 3. The van der Waals surface area contributed by atoms with E-state index < -0.39 is 5.41 Å². The summed E-state index contributed by atoms with van der Waals surface area (Å²) in [4.78, 5) is 0. The molecule has 0 aliphatic carbocycles. The molecule has 0 bridgehead atoms. The number of halogens is 1. The van der Waals surface area contributed by atoms with Crippen molar-refractivity contribution in [1.29, 1.82) is 0 Å². The molecule has 0 saturated heterocycles. The van der Waals surface area contributed by atoms with Gasteiger partial charge >= 0.3 is 0 Å². The van der Waals surface area contributed by atoms with Crippen molar-refractivity contribution < 1.29 is 9.47 Å². The minimum absolute atomic E-state index is 0.426. The number of rotatable bonds is 6. The molecule has 2 nitrogen and oxygen atoms in total. The van der Waals surface area contributed by atoms with Gasteiger partial charge in [-0.25, -0.2) is 0 Å². The molecule has 0 heterocycles. The summed E-state index contributed by atoms with van der Waals surface area (Å²) in [6, 6.07) is 26.6. The van der Waals surface area contributed by atoms with Gasteiger partial charge in [0.2, 0.25) is 0 Å². The SMILES string of the molecule is COc1ccc(C(CCl)(c2ccccc2)c2ccc(OC)cc2)cc1. The molecule has 0 spiro atoms. The van der Waals surface area contributed by atoms with E-state index in [1.807, 2.05) is 42.5 Å². The van der Waals surface area contributed by atoms with Crippen LogP contribution in [-0.4, -0.2) is 20.1 Å². The van der Waals surface area contributed by atoms with Gasteiger partial charge in [-0.1, -0.05) is 54.6 Å². The van der Waals surface area contributed by atoms with Crippen LogP contribution in [0.2, 0.25) is 0 Å². The van der Waals surface area contributed by atoms with Gasteiger partial charge in [0.05, 0.1) is 19.6 Å². The summed E-state index contributed by atoms with van der Waals surface area (Å²) in [6.45, 7) is 0. The van der Waals surface area contributed by atoms with E-state index in [9.17, 15) is 0 Å². The minimum Gasteiger partial charge on any atom is -0.497 e. The maximum absolute atomic E-state index is 6.61. The van der Waals surface area contributed by atoms with E-state index >= 15 is 0 Å². The maximum Gasteiger partial charge on any atom is 0.118 e. The lowest BCUT2D eigenvalue weighted by Crippen LogP contribution is -2.31. The van der Waals surface area contributed by atoms with Crippen LogP contribution in [-0.2, 0) is 5.41 Å². The second kappa shape index (κ2) is 7.62. The fourth-order valence-corrected chi connectivity index (χ4v) is 3.67. The van der Waals surface area contributed by atoms with Crippen molar-refractivity contribution in [3.05, 3.63) is 95.6 Å². The van der Waals surface area contributed by atoms with E-state index in [1.54, 1.807) is 14.2 Å². The van der Waals surface area contributed by atoms with Crippen molar-refractivity contribution in [1.82, 2.24) is 0 Å². The molecule has 0 fully saturated rings. The van der Waals surface area contributed by atoms with Gasteiger partial charge in [0.15, 0.2) is 0 Å². The summed E-state index contributed by atoms with van der Waals surface area (Å²) in [5, 5.41) is 0.